The highest BCUT2D eigenvalue weighted by Crippen LogP contribution is 2.32. The minimum atomic E-state index is -0.300. The van der Waals surface area contributed by atoms with Crippen molar-refractivity contribution in [2.75, 3.05) is 19.5 Å². The van der Waals surface area contributed by atoms with E-state index in [1.54, 1.807) is 24.3 Å². The van der Waals surface area contributed by atoms with Crippen molar-refractivity contribution < 1.29 is 18.7 Å². The van der Waals surface area contributed by atoms with Gasteiger partial charge in [0.15, 0.2) is 5.13 Å². The number of rotatable bonds is 6. The van der Waals surface area contributed by atoms with Crippen molar-refractivity contribution in [3.63, 3.8) is 0 Å². The molecule has 3 aromatic rings. The molecule has 2 aromatic carbocycles. The van der Waals surface area contributed by atoms with Gasteiger partial charge in [-0.1, -0.05) is 17.4 Å². The Labute approximate surface area is 172 Å². The molecule has 1 aliphatic rings. The van der Waals surface area contributed by atoms with E-state index in [9.17, 15) is 9.18 Å². The Balaban J connectivity index is 1.51. The van der Waals surface area contributed by atoms with E-state index in [4.69, 9.17) is 9.47 Å². The van der Waals surface area contributed by atoms with Gasteiger partial charge < -0.3 is 20.1 Å². The number of nitrogens with zero attached hydrogens (tertiary/aromatic N) is 1. The van der Waals surface area contributed by atoms with E-state index in [0.29, 0.717) is 22.6 Å². The topological polar surface area (TPSA) is 72.5 Å². The number of carbonyl (C=O) groups is 1. The van der Waals surface area contributed by atoms with Crippen LogP contribution in [0.15, 0.2) is 36.4 Å². The van der Waals surface area contributed by atoms with Crippen LogP contribution in [0.5, 0.6) is 11.5 Å². The zero-order valence-electron chi connectivity index (χ0n) is 16.2. The highest BCUT2D eigenvalue weighted by molar-refractivity contribution is 7.22. The fourth-order valence-electron chi connectivity index (χ4n) is 3.74. The van der Waals surface area contributed by atoms with Crippen molar-refractivity contribution in [3.8, 4) is 11.5 Å². The Hall–Kier alpha value is -2.87. The van der Waals surface area contributed by atoms with Crippen LogP contribution in [0, 0.1) is 5.82 Å². The van der Waals surface area contributed by atoms with Crippen LogP contribution in [0.3, 0.4) is 0 Å². The Kier molecular flexibility index (Phi) is 5.53. The fourth-order valence-corrected chi connectivity index (χ4v) is 4.65. The molecule has 0 spiro atoms. The Morgan fingerprint density at radius 3 is 2.59 bits per heavy atom. The predicted octanol–water partition coefficient (Wildman–Crippen LogP) is 4.22. The van der Waals surface area contributed by atoms with Gasteiger partial charge in [-0.15, -0.1) is 0 Å². The molecule has 2 N–H and O–H groups in total. The molecule has 1 fully saturated rings. The predicted molar refractivity (Wildman–Crippen MR) is 112 cm³/mol. The summed E-state index contributed by atoms with van der Waals surface area (Å²) in [6.07, 6.45) is 2.77. The molecular weight excluding hydrogens is 393 g/mol. The Morgan fingerprint density at radius 2 is 1.86 bits per heavy atom. The summed E-state index contributed by atoms with van der Waals surface area (Å²) in [6.45, 7) is 0. The van der Waals surface area contributed by atoms with Crippen molar-refractivity contribution in [2.45, 2.75) is 31.3 Å². The van der Waals surface area contributed by atoms with E-state index in [2.05, 4.69) is 15.6 Å². The molecule has 0 radical (unpaired) electrons. The molecule has 6 nitrogen and oxygen atoms in total. The van der Waals surface area contributed by atoms with Crippen LogP contribution in [-0.2, 0) is 0 Å². The normalized spacial score (nSPS) is 18.6. The number of halogens is 1. The summed E-state index contributed by atoms with van der Waals surface area (Å²) in [5, 5.41) is 7.26. The second-order valence-electron chi connectivity index (χ2n) is 6.93. The van der Waals surface area contributed by atoms with Gasteiger partial charge in [-0.2, -0.15) is 0 Å². The molecule has 1 aromatic heterocycles. The van der Waals surface area contributed by atoms with Gasteiger partial charge in [0, 0.05) is 18.2 Å². The number of nitrogens with one attached hydrogen (secondary N) is 2. The van der Waals surface area contributed by atoms with Gasteiger partial charge in [0.2, 0.25) is 0 Å². The van der Waals surface area contributed by atoms with Gasteiger partial charge in [-0.25, -0.2) is 9.37 Å². The van der Waals surface area contributed by atoms with Gasteiger partial charge in [0.05, 0.1) is 24.4 Å². The van der Waals surface area contributed by atoms with Crippen LogP contribution >= 0.6 is 11.3 Å². The Bertz CT molecular complexity index is 1020. The van der Waals surface area contributed by atoms with Crippen LogP contribution in [-0.4, -0.2) is 37.2 Å². The molecule has 0 bridgehead atoms. The first kappa shape index (κ1) is 19.4. The van der Waals surface area contributed by atoms with Crippen molar-refractivity contribution in [2.24, 2.45) is 0 Å². The SMILES string of the molecule is COc1cccc(OC)c1C(=O)NC1CCCC1Nc1nc2cc(F)ccc2s1. The number of ether oxygens (including phenoxy) is 2. The molecule has 1 amide bonds. The van der Waals surface area contributed by atoms with E-state index in [-0.39, 0.29) is 23.8 Å². The maximum absolute atomic E-state index is 13.4. The lowest BCUT2D eigenvalue weighted by Crippen LogP contribution is -2.43. The maximum Gasteiger partial charge on any atom is 0.259 e. The summed E-state index contributed by atoms with van der Waals surface area (Å²) in [7, 11) is 3.06. The number of aromatic nitrogens is 1. The minimum absolute atomic E-state index is 0.0464. The minimum Gasteiger partial charge on any atom is -0.496 e. The third kappa shape index (κ3) is 3.98. The summed E-state index contributed by atoms with van der Waals surface area (Å²) >= 11 is 1.48. The molecule has 29 heavy (non-hydrogen) atoms. The van der Waals surface area contributed by atoms with Crippen molar-refractivity contribution >= 4 is 32.6 Å². The van der Waals surface area contributed by atoms with Crippen molar-refractivity contribution in [1.29, 1.82) is 0 Å². The molecule has 8 heteroatoms. The molecule has 1 aliphatic carbocycles. The molecule has 4 rings (SSSR count). The van der Waals surface area contributed by atoms with Crippen LogP contribution < -0.4 is 20.1 Å². The van der Waals surface area contributed by atoms with Crippen LogP contribution in [0.1, 0.15) is 29.6 Å². The number of thiazole rings is 1. The van der Waals surface area contributed by atoms with Gasteiger partial charge in [0.25, 0.3) is 5.91 Å². The van der Waals surface area contributed by atoms with Gasteiger partial charge in [-0.05, 0) is 43.5 Å². The van der Waals surface area contributed by atoms with Gasteiger partial charge in [0.1, 0.15) is 22.9 Å². The lowest BCUT2D eigenvalue weighted by molar-refractivity contribution is 0.0929. The maximum atomic E-state index is 13.4. The molecule has 0 saturated heterocycles. The van der Waals surface area contributed by atoms with E-state index in [1.807, 2.05) is 0 Å². The van der Waals surface area contributed by atoms with Crippen LogP contribution in [0.4, 0.5) is 9.52 Å². The number of anilines is 1. The average molecular weight is 415 g/mol. The van der Waals surface area contributed by atoms with Gasteiger partial charge in [-0.3, -0.25) is 4.79 Å². The summed E-state index contributed by atoms with van der Waals surface area (Å²) in [5.41, 5.74) is 1.02. The van der Waals surface area contributed by atoms with E-state index >= 15 is 0 Å². The molecule has 152 valence electrons. The van der Waals surface area contributed by atoms with Crippen LogP contribution in [0.25, 0.3) is 10.2 Å². The number of amides is 1. The summed E-state index contributed by atoms with van der Waals surface area (Å²) in [6, 6.07) is 9.85. The number of methoxy groups -OCH3 is 2. The quantitative estimate of drug-likeness (QED) is 0.631. The number of hydrogen-bond acceptors (Lipinski definition) is 6. The Morgan fingerprint density at radius 1 is 1.14 bits per heavy atom. The van der Waals surface area contributed by atoms with E-state index in [0.717, 1.165) is 29.1 Å². The molecule has 2 atom stereocenters. The van der Waals surface area contributed by atoms with Crippen molar-refractivity contribution in [1.82, 2.24) is 10.3 Å². The molecular formula is C21H22FN3O3S. The first-order valence-electron chi connectivity index (χ1n) is 9.43. The third-order valence-corrected chi connectivity index (χ3v) is 6.11. The fraction of sp³-hybridized carbons (Fsp3) is 0.333. The second kappa shape index (κ2) is 8.24. The molecule has 1 heterocycles. The summed E-state index contributed by atoms with van der Waals surface area (Å²) in [4.78, 5) is 17.5. The first-order valence-corrected chi connectivity index (χ1v) is 10.2. The standard InChI is InChI=1S/C21H22FN3O3S/c1-27-16-7-4-8-17(28-2)19(16)20(26)23-13-5-3-6-14(13)24-21-25-15-11-12(22)9-10-18(15)29-21/h4,7-11,13-14H,3,5-6H2,1-2H3,(H,23,26)(H,24,25). The number of fused-ring (bicyclic) bond motifs is 1. The molecule has 1 saturated carbocycles. The largest absolute Gasteiger partial charge is 0.496 e. The lowest BCUT2D eigenvalue weighted by atomic mass is 10.1. The van der Waals surface area contributed by atoms with Crippen LogP contribution in [0.2, 0.25) is 0 Å². The lowest BCUT2D eigenvalue weighted by Gasteiger charge is -2.23. The highest BCUT2D eigenvalue weighted by atomic mass is 32.1. The number of benzene rings is 2. The van der Waals surface area contributed by atoms with Gasteiger partial charge >= 0.3 is 0 Å². The molecule has 2 unspecified atom stereocenters. The van der Waals surface area contributed by atoms with Crippen molar-refractivity contribution in [3.05, 3.63) is 47.8 Å². The monoisotopic (exact) mass is 415 g/mol. The van der Waals surface area contributed by atoms with E-state index < -0.39 is 0 Å². The third-order valence-electron chi connectivity index (χ3n) is 5.15. The summed E-state index contributed by atoms with van der Waals surface area (Å²) < 4.78 is 25.0. The number of hydrogen-bond donors (Lipinski definition) is 2. The summed E-state index contributed by atoms with van der Waals surface area (Å²) in [5.74, 6) is 0.408. The average Bonchev–Trinajstić information content (AvgIpc) is 3.33. The first-order chi connectivity index (χ1) is 14.1. The zero-order valence-corrected chi connectivity index (χ0v) is 17.0. The van der Waals surface area contributed by atoms with E-state index in [1.165, 1.54) is 37.7 Å². The smallest absolute Gasteiger partial charge is 0.259 e. The number of carbonyl (C=O) groups excluding carboxylic acids is 1. The highest BCUT2D eigenvalue weighted by Gasteiger charge is 2.31. The zero-order chi connectivity index (χ0) is 20.4. The molecule has 0 aliphatic heterocycles. The second-order valence-corrected chi connectivity index (χ2v) is 7.96.